The van der Waals surface area contributed by atoms with E-state index in [4.69, 9.17) is 16.3 Å². The van der Waals surface area contributed by atoms with Crippen LogP contribution in [0.2, 0.25) is 9.73 Å². The zero-order valence-corrected chi connectivity index (χ0v) is 23.5. The van der Waals surface area contributed by atoms with Gasteiger partial charge in [0.1, 0.15) is 0 Å². The van der Waals surface area contributed by atoms with Crippen LogP contribution in [0.3, 0.4) is 0 Å². The Morgan fingerprint density at radius 3 is 2.50 bits per heavy atom. The average molecular weight is 592 g/mol. The molecular weight excluding hydrogens is 567 g/mol. The van der Waals surface area contributed by atoms with Crippen LogP contribution >= 0.6 is 22.9 Å². The second-order valence-corrected chi connectivity index (χ2v) is 14.4. The third kappa shape index (κ3) is 8.37. The van der Waals surface area contributed by atoms with Crippen molar-refractivity contribution in [2.24, 2.45) is 0 Å². The third-order valence-electron chi connectivity index (χ3n) is 4.22. The second-order valence-electron chi connectivity index (χ2n) is 8.40. The number of halogens is 1. The molecule has 185 valence electrons. The van der Waals surface area contributed by atoms with Crippen LogP contribution in [0.4, 0.5) is 9.93 Å². The number of thiazole rings is 1. The van der Waals surface area contributed by atoms with Gasteiger partial charge < -0.3 is 0 Å². The van der Waals surface area contributed by atoms with Crippen molar-refractivity contribution >= 4 is 70.3 Å². The van der Waals surface area contributed by atoms with Crippen LogP contribution in [-0.4, -0.2) is 62.8 Å². The molecule has 1 amide bonds. The number of carboxylic acids is 1. The predicted octanol–water partition coefficient (Wildman–Crippen LogP) is 4.41. The number of amides is 1. The van der Waals surface area contributed by atoms with Crippen molar-refractivity contribution in [1.29, 1.82) is 0 Å². The molecule has 0 bridgehead atoms. The zero-order valence-electron chi connectivity index (χ0n) is 19.2. The minimum absolute atomic E-state index is 0.00226. The van der Waals surface area contributed by atoms with E-state index in [9.17, 15) is 27.9 Å². The van der Waals surface area contributed by atoms with Crippen molar-refractivity contribution < 1.29 is 32.6 Å². The van der Waals surface area contributed by atoms with Gasteiger partial charge in [-0.1, -0.05) is 11.6 Å². The maximum atomic E-state index is 12.4. The maximum absolute atomic E-state index is 12.4. The summed E-state index contributed by atoms with van der Waals surface area (Å²) in [4.78, 5) is 40.9. The van der Waals surface area contributed by atoms with Gasteiger partial charge in [0.25, 0.3) is 0 Å². The molecule has 1 atom stereocenters. The fourth-order valence-electron chi connectivity index (χ4n) is 2.75. The number of carbonyl (C=O) groups excluding carboxylic acids is 2. The number of aromatic nitrogens is 1. The van der Waals surface area contributed by atoms with Crippen LogP contribution in [0.5, 0.6) is 0 Å². The van der Waals surface area contributed by atoms with Gasteiger partial charge in [0.05, 0.1) is 0 Å². The summed E-state index contributed by atoms with van der Waals surface area (Å²) in [6, 6.07) is 4.62. The SMILES string of the molecule is Cc1nc(NC(=O)CC[C@H]([As]C(=O)OC(C)(C)C)C(=O)O)sc1-c1ccc(Cl)c(S(C)(=O)=O)c1. The molecule has 2 aromatic rings. The molecule has 0 spiro atoms. The van der Waals surface area contributed by atoms with Crippen LogP contribution in [0, 0.1) is 6.92 Å². The van der Waals surface area contributed by atoms with Crippen LogP contribution in [-0.2, 0) is 24.2 Å². The Kier molecular flexibility index (Phi) is 9.32. The van der Waals surface area contributed by atoms with E-state index < -0.39 is 52.5 Å². The number of aliphatic carboxylic acids is 1. The van der Waals surface area contributed by atoms with Gasteiger partial charge in [-0.3, -0.25) is 0 Å². The van der Waals surface area contributed by atoms with Gasteiger partial charge in [0, 0.05) is 6.26 Å². The number of carboxylic acid groups (broad SMARTS) is 1. The molecule has 0 aliphatic carbocycles. The Morgan fingerprint density at radius 2 is 1.94 bits per heavy atom. The molecule has 0 saturated heterocycles. The number of carbonyl (C=O) groups is 3. The van der Waals surface area contributed by atoms with Crippen LogP contribution in [0.25, 0.3) is 10.4 Å². The molecule has 1 aromatic heterocycles. The minimum atomic E-state index is -3.53. The Hall–Kier alpha value is -1.94. The molecule has 13 heteroatoms. The van der Waals surface area contributed by atoms with Crippen LogP contribution in [0.15, 0.2) is 23.1 Å². The monoisotopic (exact) mass is 591 g/mol. The van der Waals surface area contributed by atoms with Gasteiger partial charge in [-0.05, 0) is 0 Å². The molecule has 2 N–H and O–H groups in total. The normalized spacial score (nSPS) is 13.1. The van der Waals surface area contributed by atoms with Crippen LogP contribution < -0.4 is 5.32 Å². The fourth-order valence-corrected chi connectivity index (χ4v) is 7.03. The van der Waals surface area contributed by atoms with E-state index in [-0.39, 0.29) is 22.8 Å². The summed E-state index contributed by atoms with van der Waals surface area (Å²) >= 11 is 5.87. The molecule has 0 unspecified atom stereocenters. The van der Waals surface area contributed by atoms with Crippen molar-refractivity contribution in [3.63, 3.8) is 0 Å². The third-order valence-corrected chi connectivity index (χ3v) is 9.21. The Balaban J connectivity index is 2.07. The first kappa shape index (κ1) is 28.3. The van der Waals surface area contributed by atoms with Crippen LogP contribution in [0.1, 0.15) is 39.3 Å². The zero-order chi connectivity index (χ0) is 25.8. The van der Waals surface area contributed by atoms with Crippen molar-refractivity contribution in [2.45, 2.75) is 55.7 Å². The summed E-state index contributed by atoms with van der Waals surface area (Å²) in [5, 5.41) is 12.5. The van der Waals surface area contributed by atoms with E-state index in [2.05, 4.69) is 10.3 Å². The van der Waals surface area contributed by atoms with Gasteiger partial charge >= 0.3 is 188 Å². The number of nitrogens with zero attached hydrogens (tertiary/aromatic N) is 1. The topological polar surface area (TPSA) is 140 Å². The van der Waals surface area contributed by atoms with E-state index in [0.717, 1.165) is 17.6 Å². The number of benzene rings is 1. The molecule has 0 fully saturated rings. The molecule has 1 radical (unpaired) electrons. The number of ether oxygens (including phenoxy) is 1. The van der Waals surface area contributed by atoms with E-state index in [1.165, 1.54) is 12.1 Å². The molecule has 34 heavy (non-hydrogen) atoms. The number of anilines is 1. The van der Waals surface area contributed by atoms with Gasteiger partial charge in [-0.15, -0.1) is 0 Å². The first-order valence-corrected chi connectivity index (χ1v) is 15.1. The summed E-state index contributed by atoms with van der Waals surface area (Å²) in [6.45, 7) is 6.82. The number of sulfone groups is 1. The number of nitrogens with one attached hydrogen (secondary N) is 1. The molecule has 9 nitrogen and oxygen atoms in total. The summed E-state index contributed by atoms with van der Waals surface area (Å²) < 4.78 is 27.6. The average Bonchev–Trinajstić information content (AvgIpc) is 3.02. The van der Waals surface area contributed by atoms with Gasteiger partial charge in [-0.2, -0.15) is 0 Å². The summed E-state index contributed by atoms with van der Waals surface area (Å²) in [6.07, 6.45) is 0.952. The molecular formula is C21H25AsClN2O7S2. The van der Waals surface area contributed by atoms with Gasteiger partial charge in [0.15, 0.2) is 0 Å². The predicted molar refractivity (Wildman–Crippen MR) is 132 cm³/mol. The summed E-state index contributed by atoms with van der Waals surface area (Å²) in [5.74, 6) is -1.58. The van der Waals surface area contributed by atoms with Crippen molar-refractivity contribution in [2.75, 3.05) is 11.6 Å². The summed E-state index contributed by atoms with van der Waals surface area (Å²) in [5.41, 5.74) is 0.466. The summed E-state index contributed by atoms with van der Waals surface area (Å²) in [7, 11) is -3.53. The number of aryl methyl sites for hydroxylation is 1. The Morgan fingerprint density at radius 1 is 1.29 bits per heavy atom. The van der Waals surface area contributed by atoms with Gasteiger partial charge in [0.2, 0.25) is 0 Å². The van der Waals surface area contributed by atoms with Gasteiger partial charge in [-0.25, -0.2) is 8.42 Å². The van der Waals surface area contributed by atoms with Crippen molar-refractivity contribution in [3.05, 3.63) is 28.9 Å². The Labute approximate surface area is 213 Å². The molecule has 1 aromatic carbocycles. The first-order valence-electron chi connectivity index (χ1n) is 10.0. The van der Waals surface area contributed by atoms with E-state index in [0.29, 0.717) is 21.3 Å². The standard InChI is InChI=1S/C21H25AsClN2O7S2/c1-11-17(12-6-8-14(23)15(10-12)34(5,30)31)33-20(24-11)25-16(26)9-7-13(18(27)28)22-19(29)32-21(2,3)4/h6,8,10,13H,7,9H2,1-5H3,(H,27,28)(H,24,25,26)/t13-/m0/s1. The number of hydrogen-bond acceptors (Lipinski definition) is 8. The molecule has 1 heterocycles. The van der Waals surface area contributed by atoms with E-state index in [1.807, 2.05) is 0 Å². The molecule has 0 aliphatic rings. The van der Waals surface area contributed by atoms with E-state index >= 15 is 0 Å². The number of rotatable bonds is 9. The van der Waals surface area contributed by atoms with Crippen molar-refractivity contribution in [1.82, 2.24) is 4.98 Å². The molecule has 0 saturated carbocycles. The first-order chi connectivity index (χ1) is 15.6. The number of hydrogen-bond donors (Lipinski definition) is 2. The molecule has 0 aliphatic heterocycles. The van der Waals surface area contributed by atoms with E-state index in [1.54, 1.807) is 33.8 Å². The second kappa shape index (κ2) is 11.2. The molecule has 2 rings (SSSR count). The van der Waals surface area contributed by atoms with Crippen molar-refractivity contribution in [3.8, 4) is 10.4 Å². The quantitative estimate of drug-likeness (QED) is 0.409. The Bertz CT molecular complexity index is 1210. The fraction of sp³-hybridized carbons (Fsp3) is 0.429.